The minimum Gasteiger partial charge on any atom is -0.343 e. The third kappa shape index (κ3) is 5.04. The first-order valence-electron chi connectivity index (χ1n) is 10.7. The van der Waals surface area contributed by atoms with Crippen LogP contribution in [0.1, 0.15) is 33.6 Å². The van der Waals surface area contributed by atoms with Gasteiger partial charge in [-0.15, -0.1) is 0 Å². The number of piperidine rings is 1. The number of anilines is 1. The number of carbonyl (C=O) groups excluding carboxylic acids is 2. The zero-order valence-electron chi connectivity index (χ0n) is 18.1. The molecule has 2 aliphatic rings. The fraction of sp³-hybridized carbons (Fsp3) is 0.714. The van der Waals surface area contributed by atoms with E-state index in [1.807, 2.05) is 43.7 Å². The molecule has 0 bridgehead atoms. The van der Waals surface area contributed by atoms with Crippen molar-refractivity contribution >= 4 is 17.8 Å². The lowest BCUT2D eigenvalue weighted by molar-refractivity contribution is -0.139. The molecule has 2 fully saturated rings. The van der Waals surface area contributed by atoms with E-state index in [0.29, 0.717) is 13.1 Å². The summed E-state index contributed by atoms with van der Waals surface area (Å²) in [5, 5.41) is 0. The van der Waals surface area contributed by atoms with E-state index < -0.39 is 0 Å². The molecular weight excluding hydrogens is 368 g/mol. The van der Waals surface area contributed by atoms with Gasteiger partial charge in [0.1, 0.15) is 0 Å². The topological polar surface area (TPSA) is 72.9 Å². The molecule has 0 radical (unpaired) electrons. The van der Waals surface area contributed by atoms with Gasteiger partial charge in [0.15, 0.2) is 0 Å². The molecule has 0 N–H and O–H groups in total. The first-order chi connectivity index (χ1) is 13.9. The molecule has 2 saturated heterocycles. The second-order valence-corrected chi connectivity index (χ2v) is 8.39. The summed E-state index contributed by atoms with van der Waals surface area (Å²) in [6.45, 7) is 10.6. The number of aromatic nitrogens is 2. The van der Waals surface area contributed by atoms with Crippen LogP contribution in [-0.2, 0) is 9.59 Å². The molecule has 8 nitrogen and oxygen atoms in total. The zero-order chi connectivity index (χ0) is 21.0. The molecule has 29 heavy (non-hydrogen) atoms. The maximum absolute atomic E-state index is 13.0. The minimum absolute atomic E-state index is 0.0790. The number of hydrogen-bond donors (Lipinski definition) is 0. The molecule has 1 aromatic rings. The van der Waals surface area contributed by atoms with E-state index in [2.05, 4.69) is 19.8 Å². The quantitative estimate of drug-likeness (QED) is 0.734. The lowest BCUT2D eigenvalue weighted by Gasteiger charge is -2.40. The summed E-state index contributed by atoms with van der Waals surface area (Å²) in [5.74, 6) is 1.22. The van der Waals surface area contributed by atoms with Crippen LogP contribution in [0.4, 0.5) is 5.95 Å². The van der Waals surface area contributed by atoms with E-state index >= 15 is 0 Å². The van der Waals surface area contributed by atoms with Gasteiger partial charge in [-0.2, -0.15) is 0 Å². The molecule has 0 aromatic carbocycles. The molecule has 1 atom stereocenters. The van der Waals surface area contributed by atoms with Gasteiger partial charge in [0.2, 0.25) is 17.8 Å². The van der Waals surface area contributed by atoms with Crippen LogP contribution in [0.3, 0.4) is 0 Å². The summed E-state index contributed by atoms with van der Waals surface area (Å²) >= 11 is 0. The van der Waals surface area contributed by atoms with Crippen molar-refractivity contribution < 1.29 is 9.59 Å². The maximum atomic E-state index is 13.0. The fourth-order valence-electron chi connectivity index (χ4n) is 4.08. The molecule has 8 heteroatoms. The predicted octanol–water partition coefficient (Wildman–Crippen LogP) is 1.09. The van der Waals surface area contributed by atoms with Gasteiger partial charge >= 0.3 is 0 Å². The van der Waals surface area contributed by atoms with Crippen LogP contribution in [0.25, 0.3) is 0 Å². The van der Waals surface area contributed by atoms with Gasteiger partial charge < -0.3 is 14.7 Å². The summed E-state index contributed by atoms with van der Waals surface area (Å²) in [6, 6.07) is 1.89. The van der Waals surface area contributed by atoms with E-state index in [4.69, 9.17) is 0 Å². The lowest BCUT2D eigenvalue weighted by atomic mass is 9.94. The first-order valence-corrected chi connectivity index (χ1v) is 10.7. The van der Waals surface area contributed by atoms with E-state index in [1.165, 1.54) is 0 Å². The van der Waals surface area contributed by atoms with Crippen molar-refractivity contribution in [2.24, 2.45) is 5.92 Å². The van der Waals surface area contributed by atoms with Crippen LogP contribution in [0.2, 0.25) is 0 Å². The molecule has 1 unspecified atom stereocenters. The van der Waals surface area contributed by atoms with Gasteiger partial charge in [-0.25, -0.2) is 9.97 Å². The Morgan fingerprint density at radius 1 is 1.00 bits per heavy atom. The highest BCUT2D eigenvalue weighted by Gasteiger charge is 2.34. The lowest BCUT2D eigenvalue weighted by Crippen LogP contribution is -2.56. The van der Waals surface area contributed by atoms with Crippen LogP contribution >= 0.6 is 0 Å². The summed E-state index contributed by atoms with van der Waals surface area (Å²) in [6.07, 6.45) is 5.14. The Kier molecular flexibility index (Phi) is 7.05. The highest BCUT2D eigenvalue weighted by molar-refractivity contribution is 5.82. The van der Waals surface area contributed by atoms with E-state index in [9.17, 15) is 9.59 Å². The Morgan fingerprint density at radius 2 is 1.59 bits per heavy atom. The summed E-state index contributed by atoms with van der Waals surface area (Å²) < 4.78 is 0. The fourth-order valence-corrected chi connectivity index (χ4v) is 4.08. The SMILES string of the molecule is CC(C(=O)N1CCN(c2ncccn2)CC1)N1CCC(C(=O)N(C)C(C)C)CC1. The van der Waals surface area contributed by atoms with Crippen molar-refractivity contribution in [1.29, 1.82) is 0 Å². The molecule has 0 spiro atoms. The Morgan fingerprint density at radius 3 is 2.14 bits per heavy atom. The van der Waals surface area contributed by atoms with Crippen molar-refractivity contribution in [3.63, 3.8) is 0 Å². The Labute approximate surface area is 173 Å². The standard InChI is InChI=1S/C21H34N6O2/c1-16(2)24(4)20(29)18-6-10-25(11-7-18)17(3)19(28)26-12-14-27(15-13-26)21-22-8-5-9-23-21/h5,8-9,16-18H,6-7,10-15H2,1-4H3. The van der Waals surface area contributed by atoms with Crippen molar-refractivity contribution in [2.45, 2.75) is 45.7 Å². The molecule has 3 rings (SSSR count). The number of likely N-dealkylation sites (tertiary alicyclic amines) is 1. The van der Waals surface area contributed by atoms with Crippen LogP contribution in [0, 0.1) is 5.92 Å². The predicted molar refractivity (Wildman–Crippen MR) is 112 cm³/mol. The summed E-state index contributed by atoms with van der Waals surface area (Å²) in [5.41, 5.74) is 0. The van der Waals surface area contributed by atoms with Gasteiger partial charge in [-0.1, -0.05) is 0 Å². The van der Waals surface area contributed by atoms with Gasteiger partial charge in [0, 0.05) is 57.6 Å². The molecule has 160 valence electrons. The molecule has 2 aliphatic heterocycles. The Balaban J connectivity index is 1.47. The highest BCUT2D eigenvalue weighted by atomic mass is 16.2. The van der Waals surface area contributed by atoms with Crippen molar-refractivity contribution in [3.05, 3.63) is 18.5 Å². The molecule has 0 aliphatic carbocycles. The van der Waals surface area contributed by atoms with Gasteiger partial charge in [-0.3, -0.25) is 14.5 Å². The number of carbonyl (C=O) groups is 2. The second kappa shape index (κ2) is 9.52. The number of piperazine rings is 1. The average molecular weight is 403 g/mol. The largest absolute Gasteiger partial charge is 0.343 e. The highest BCUT2D eigenvalue weighted by Crippen LogP contribution is 2.22. The number of nitrogens with zero attached hydrogens (tertiary/aromatic N) is 6. The third-order valence-corrected chi connectivity index (χ3v) is 6.33. The van der Waals surface area contributed by atoms with Crippen molar-refractivity contribution in [2.75, 3.05) is 51.2 Å². The van der Waals surface area contributed by atoms with Crippen LogP contribution < -0.4 is 4.90 Å². The molecule has 2 amide bonds. The molecule has 3 heterocycles. The van der Waals surface area contributed by atoms with E-state index in [0.717, 1.165) is 45.0 Å². The van der Waals surface area contributed by atoms with Crippen LogP contribution in [-0.4, -0.2) is 94.9 Å². The van der Waals surface area contributed by atoms with Gasteiger partial charge in [-0.05, 0) is 52.8 Å². The van der Waals surface area contributed by atoms with Gasteiger partial charge in [0.05, 0.1) is 6.04 Å². The monoisotopic (exact) mass is 402 g/mol. The maximum Gasteiger partial charge on any atom is 0.239 e. The van der Waals surface area contributed by atoms with E-state index in [1.54, 1.807) is 12.4 Å². The van der Waals surface area contributed by atoms with E-state index in [-0.39, 0.29) is 29.8 Å². The Hall–Kier alpha value is -2.22. The van der Waals surface area contributed by atoms with Crippen LogP contribution in [0.5, 0.6) is 0 Å². The molecule has 1 aromatic heterocycles. The third-order valence-electron chi connectivity index (χ3n) is 6.33. The smallest absolute Gasteiger partial charge is 0.239 e. The second-order valence-electron chi connectivity index (χ2n) is 8.39. The zero-order valence-corrected chi connectivity index (χ0v) is 18.1. The Bertz CT molecular complexity index is 682. The number of amides is 2. The summed E-state index contributed by atoms with van der Waals surface area (Å²) in [7, 11) is 1.88. The summed E-state index contributed by atoms with van der Waals surface area (Å²) in [4.78, 5) is 42.3. The molecular formula is C21H34N6O2. The normalized spacial score (nSPS) is 20.0. The van der Waals surface area contributed by atoms with Crippen molar-refractivity contribution in [1.82, 2.24) is 24.7 Å². The number of hydrogen-bond acceptors (Lipinski definition) is 6. The van der Waals surface area contributed by atoms with Crippen molar-refractivity contribution in [3.8, 4) is 0 Å². The average Bonchev–Trinajstić information content (AvgIpc) is 2.77. The molecule has 0 saturated carbocycles. The first kappa shape index (κ1) is 21.5. The van der Waals surface area contributed by atoms with Gasteiger partial charge in [0.25, 0.3) is 0 Å². The van der Waals surface area contributed by atoms with Crippen LogP contribution in [0.15, 0.2) is 18.5 Å². The minimum atomic E-state index is -0.145. The number of rotatable bonds is 5.